The van der Waals surface area contributed by atoms with Gasteiger partial charge in [-0.2, -0.15) is 0 Å². The number of benzene rings is 2. The molecular formula is C35H42Cl2N4O6. The van der Waals surface area contributed by atoms with Crippen LogP contribution in [0, 0.1) is 5.92 Å². The fourth-order valence-corrected chi connectivity index (χ4v) is 6.26. The molecule has 5 unspecified atom stereocenters. The van der Waals surface area contributed by atoms with Crippen molar-refractivity contribution in [3.05, 3.63) is 75.4 Å². The zero-order valence-corrected chi connectivity index (χ0v) is 28.7. The van der Waals surface area contributed by atoms with E-state index in [0.29, 0.717) is 35.5 Å². The number of rotatable bonds is 4. The van der Waals surface area contributed by atoms with E-state index in [1.165, 1.54) is 24.1 Å². The minimum Gasteiger partial charge on any atom is -0.506 e. The molecule has 0 saturated carbocycles. The van der Waals surface area contributed by atoms with Gasteiger partial charge in [-0.1, -0.05) is 73.0 Å². The highest BCUT2D eigenvalue weighted by Crippen LogP contribution is 2.31. The van der Waals surface area contributed by atoms with Gasteiger partial charge in [0.25, 0.3) is 0 Å². The van der Waals surface area contributed by atoms with Crippen molar-refractivity contribution < 1.29 is 29.0 Å². The SMILES string of the molecule is CCC1C/C=C(\C)CC(C)C(=O)NC(C)C(=O)N(C)C(Cc2c(Cl)[nH]c3ccccc23)C(=O)NC(c2ccc(O)c(Cl)c2)CC(=O)O1. The third kappa shape index (κ3) is 8.87. The summed E-state index contributed by atoms with van der Waals surface area (Å²) in [6, 6.07) is 8.91. The summed E-state index contributed by atoms with van der Waals surface area (Å²) < 4.78 is 5.83. The Kier molecular flexibility index (Phi) is 12.0. The molecule has 4 rings (SSSR count). The van der Waals surface area contributed by atoms with Crippen molar-refractivity contribution in [2.24, 2.45) is 5.92 Å². The Hall–Kier alpha value is -4.02. The number of hydrogen-bond donors (Lipinski definition) is 4. The first-order valence-electron chi connectivity index (χ1n) is 15.7. The van der Waals surface area contributed by atoms with E-state index in [-0.39, 0.29) is 29.5 Å². The van der Waals surface area contributed by atoms with E-state index in [1.807, 2.05) is 44.2 Å². The van der Waals surface area contributed by atoms with Crippen LogP contribution in [0.2, 0.25) is 10.2 Å². The van der Waals surface area contributed by atoms with Crippen molar-refractivity contribution in [3.8, 4) is 5.75 Å². The number of fused-ring (bicyclic) bond motifs is 1. The van der Waals surface area contributed by atoms with Gasteiger partial charge in [0.2, 0.25) is 17.7 Å². The van der Waals surface area contributed by atoms with Gasteiger partial charge in [0.05, 0.1) is 17.5 Å². The number of nitrogens with one attached hydrogen (secondary N) is 3. The summed E-state index contributed by atoms with van der Waals surface area (Å²) in [4.78, 5) is 58.9. The van der Waals surface area contributed by atoms with E-state index in [2.05, 4.69) is 15.6 Å². The molecule has 0 aliphatic carbocycles. The standard InChI is InChI=1S/C35H42Cl2N4O6/c1-6-23-13-11-19(2)15-20(3)33(44)38-21(4)35(46)41(5)29(17-25-24-9-7-8-10-27(24)39-32(25)37)34(45)40-28(18-31(43)47-23)22-12-14-30(42)26(36)16-22/h7-12,14,16,20-21,23,28-29,39,42H,6,13,15,17-18H2,1-5H3,(H,38,44)(H,40,45)/b19-11+. The molecule has 0 saturated heterocycles. The van der Waals surface area contributed by atoms with Gasteiger partial charge in [-0.15, -0.1) is 0 Å². The second-order valence-electron chi connectivity index (χ2n) is 12.3. The maximum Gasteiger partial charge on any atom is 0.308 e. The first kappa shape index (κ1) is 35.8. The third-order valence-electron chi connectivity index (χ3n) is 8.63. The first-order chi connectivity index (χ1) is 22.3. The molecule has 3 aromatic rings. The Morgan fingerprint density at radius 3 is 2.43 bits per heavy atom. The number of likely N-dealkylation sites (N-methyl/N-ethyl adjacent to an activating group) is 1. The Morgan fingerprint density at radius 1 is 1.00 bits per heavy atom. The van der Waals surface area contributed by atoms with Crippen LogP contribution in [0.5, 0.6) is 5.75 Å². The average Bonchev–Trinajstić information content (AvgIpc) is 3.35. The van der Waals surface area contributed by atoms with E-state index in [1.54, 1.807) is 19.9 Å². The van der Waals surface area contributed by atoms with Gasteiger partial charge in [-0.05, 0) is 56.0 Å². The number of phenols is 1. The van der Waals surface area contributed by atoms with Gasteiger partial charge in [0.1, 0.15) is 29.1 Å². The molecule has 2 aromatic carbocycles. The second-order valence-corrected chi connectivity index (χ2v) is 13.0. The Bertz CT molecular complexity index is 1670. The maximum atomic E-state index is 14.3. The number of phenolic OH excluding ortho intramolecular Hbond substituents is 1. The number of cyclic esters (lactones) is 1. The summed E-state index contributed by atoms with van der Waals surface area (Å²) >= 11 is 12.9. The van der Waals surface area contributed by atoms with Crippen LogP contribution in [-0.4, -0.2) is 63.9 Å². The van der Waals surface area contributed by atoms with E-state index < -0.39 is 47.9 Å². The van der Waals surface area contributed by atoms with E-state index in [9.17, 15) is 24.3 Å². The molecule has 4 N–H and O–H groups in total. The summed E-state index contributed by atoms with van der Waals surface area (Å²) in [5.74, 6) is -2.46. The van der Waals surface area contributed by atoms with E-state index in [0.717, 1.165) is 16.5 Å². The number of aromatic amines is 1. The van der Waals surface area contributed by atoms with Gasteiger partial charge >= 0.3 is 5.97 Å². The number of allylic oxidation sites excluding steroid dienone is 1. The fraction of sp³-hybridized carbons (Fsp3) is 0.429. The summed E-state index contributed by atoms with van der Waals surface area (Å²) in [5.41, 5.74) is 2.82. The number of nitrogens with zero attached hydrogens (tertiary/aromatic N) is 1. The summed E-state index contributed by atoms with van der Waals surface area (Å²) in [6.07, 6.45) is 2.82. The Balaban J connectivity index is 1.77. The monoisotopic (exact) mass is 684 g/mol. The van der Waals surface area contributed by atoms with Crippen LogP contribution in [-0.2, 0) is 30.3 Å². The predicted octanol–water partition coefficient (Wildman–Crippen LogP) is 6.00. The molecule has 5 atom stereocenters. The summed E-state index contributed by atoms with van der Waals surface area (Å²) in [7, 11) is 1.50. The fourth-order valence-electron chi connectivity index (χ4n) is 5.79. The number of halogens is 2. The van der Waals surface area contributed by atoms with Crippen LogP contribution in [0.15, 0.2) is 54.1 Å². The molecular weight excluding hydrogens is 643 g/mol. The van der Waals surface area contributed by atoms with Crippen LogP contribution in [0.3, 0.4) is 0 Å². The number of esters is 1. The normalized spacial score (nSPS) is 25.3. The van der Waals surface area contributed by atoms with Gasteiger partial charge in [-0.25, -0.2) is 0 Å². The number of H-pyrrole nitrogens is 1. The summed E-state index contributed by atoms with van der Waals surface area (Å²) in [5, 5.41) is 17.0. The van der Waals surface area contributed by atoms with Crippen molar-refractivity contribution >= 4 is 57.8 Å². The van der Waals surface area contributed by atoms with Crippen LogP contribution < -0.4 is 10.6 Å². The first-order valence-corrected chi connectivity index (χ1v) is 16.5. The number of carbonyl (C=O) groups excluding carboxylic acids is 4. The zero-order valence-electron chi connectivity index (χ0n) is 27.2. The molecule has 47 heavy (non-hydrogen) atoms. The number of aromatic hydroxyl groups is 1. The van der Waals surface area contributed by atoms with E-state index in [4.69, 9.17) is 27.9 Å². The smallest absolute Gasteiger partial charge is 0.308 e. The molecule has 0 fully saturated rings. The van der Waals surface area contributed by atoms with Crippen molar-refractivity contribution in [1.82, 2.24) is 20.5 Å². The number of carbonyl (C=O) groups is 4. The van der Waals surface area contributed by atoms with Crippen molar-refractivity contribution in [2.75, 3.05) is 7.05 Å². The Morgan fingerprint density at radius 2 is 1.72 bits per heavy atom. The minimum atomic E-state index is -1.10. The van der Waals surface area contributed by atoms with Crippen molar-refractivity contribution in [1.29, 1.82) is 0 Å². The number of ether oxygens (including phenoxy) is 1. The van der Waals surface area contributed by atoms with Crippen LogP contribution in [0.4, 0.5) is 0 Å². The molecule has 252 valence electrons. The van der Waals surface area contributed by atoms with Crippen molar-refractivity contribution in [2.45, 2.75) is 84.0 Å². The lowest BCUT2D eigenvalue weighted by Gasteiger charge is -2.32. The quantitative estimate of drug-likeness (QED) is 0.196. The topological polar surface area (TPSA) is 141 Å². The van der Waals surface area contributed by atoms with Crippen LogP contribution in [0.25, 0.3) is 10.9 Å². The Labute approximate surface area is 284 Å². The average molecular weight is 686 g/mol. The number of para-hydroxylation sites is 1. The lowest BCUT2D eigenvalue weighted by molar-refractivity contribution is -0.150. The number of aromatic nitrogens is 1. The highest BCUT2D eigenvalue weighted by molar-refractivity contribution is 6.32. The maximum absolute atomic E-state index is 14.3. The summed E-state index contributed by atoms with van der Waals surface area (Å²) in [6.45, 7) is 7.20. The van der Waals surface area contributed by atoms with Gasteiger partial charge in [0.15, 0.2) is 0 Å². The lowest BCUT2D eigenvalue weighted by atomic mass is 9.98. The van der Waals surface area contributed by atoms with Crippen LogP contribution in [0.1, 0.15) is 70.5 Å². The second kappa shape index (κ2) is 15.7. The lowest BCUT2D eigenvalue weighted by Crippen LogP contribution is -2.55. The molecule has 1 aromatic heterocycles. The van der Waals surface area contributed by atoms with Crippen LogP contribution >= 0.6 is 23.2 Å². The third-order valence-corrected chi connectivity index (χ3v) is 9.25. The largest absolute Gasteiger partial charge is 0.506 e. The van der Waals surface area contributed by atoms with Crippen molar-refractivity contribution in [3.63, 3.8) is 0 Å². The predicted molar refractivity (Wildman–Crippen MR) is 182 cm³/mol. The molecule has 0 spiro atoms. The van der Waals surface area contributed by atoms with Gasteiger partial charge < -0.3 is 30.4 Å². The molecule has 2 heterocycles. The molecule has 12 heteroatoms. The van der Waals surface area contributed by atoms with Gasteiger partial charge in [-0.3, -0.25) is 19.2 Å². The minimum absolute atomic E-state index is 0.0311. The number of amides is 3. The molecule has 3 amide bonds. The highest BCUT2D eigenvalue weighted by atomic mass is 35.5. The molecule has 0 bridgehead atoms. The van der Waals surface area contributed by atoms with E-state index >= 15 is 0 Å². The molecule has 10 nitrogen and oxygen atoms in total. The zero-order chi connectivity index (χ0) is 34.4. The highest BCUT2D eigenvalue weighted by Gasteiger charge is 2.34. The van der Waals surface area contributed by atoms with Gasteiger partial charge in [0, 0.05) is 36.7 Å². The molecule has 1 aliphatic heterocycles. The molecule has 1 aliphatic rings. The molecule has 0 radical (unpaired) electrons. The number of hydrogen-bond acceptors (Lipinski definition) is 6.